The van der Waals surface area contributed by atoms with Gasteiger partial charge in [0, 0.05) is 11.3 Å². The van der Waals surface area contributed by atoms with E-state index in [1.54, 1.807) is 0 Å². The van der Waals surface area contributed by atoms with Gasteiger partial charge in [-0.1, -0.05) is 13.8 Å². The van der Waals surface area contributed by atoms with Gasteiger partial charge in [-0.3, -0.25) is 9.59 Å². The summed E-state index contributed by atoms with van der Waals surface area (Å²) in [6, 6.07) is 0. The molecule has 0 heterocycles. The number of ketones is 2. The number of hydrogen-bond acceptors (Lipinski definition) is 3. The molecule has 1 unspecified atom stereocenters. The summed E-state index contributed by atoms with van der Waals surface area (Å²) < 4.78 is 14.2. The Morgan fingerprint density at radius 2 is 1.83 bits per heavy atom. The van der Waals surface area contributed by atoms with E-state index >= 15 is 0 Å². The lowest BCUT2D eigenvalue weighted by molar-refractivity contribution is -0.135. The topological polar surface area (TPSA) is 54.4 Å². The van der Waals surface area contributed by atoms with Gasteiger partial charge in [-0.25, -0.2) is 4.39 Å². The van der Waals surface area contributed by atoms with Gasteiger partial charge in [-0.2, -0.15) is 0 Å². The maximum Gasteiger partial charge on any atom is 0.200 e. The van der Waals surface area contributed by atoms with Gasteiger partial charge < -0.3 is 5.11 Å². The zero-order valence-corrected chi connectivity index (χ0v) is 14.3. The van der Waals surface area contributed by atoms with Crippen molar-refractivity contribution >= 4 is 11.6 Å². The lowest BCUT2D eigenvalue weighted by atomic mass is 9.47. The number of fused-ring (bicyclic) bond motifs is 7. The standard InChI is InChI=1S/C20H25FO3/c1-19-6-5-11-9(13(19)8-15(21)18(19)24)3-4-12-17(23)16(22)10-7-14(10)20(11,12)2/h9-11,13-15,23H,3-8H2,1-2H3/t9-,10+,11+,13+,14?,15+,19+,20-/m1/s1. The van der Waals surface area contributed by atoms with Crippen LogP contribution in [0.15, 0.2) is 11.3 Å². The quantitative estimate of drug-likeness (QED) is 0.734. The smallest absolute Gasteiger partial charge is 0.200 e. The number of aliphatic hydroxyl groups excluding tert-OH is 1. The number of Topliss-reactive ketones (excluding diaryl/α,β-unsaturated/α-hetero) is 2. The van der Waals surface area contributed by atoms with E-state index in [0.29, 0.717) is 24.2 Å². The highest BCUT2D eigenvalue weighted by atomic mass is 19.1. The lowest BCUT2D eigenvalue weighted by Crippen LogP contribution is -2.52. The van der Waals surface area contributed by atoms with Crippen LogP contribution in [0.3, 0.4) is 0 Å². The fourth-order valence-corrected chi connectivity index (χ4v) is 7.33. The van der Waals surface area contributed by atoms with E-state index in [1.807, 2.05) is 6.92 Å². The first-order valence-electron chi connectivity index (χ1n) is 9.45. The number of alkyl halides is 1. The highest BCUT2D eigenvalue weighted by molar-refractivity contribution is 5.99. The van der Waals surface area contributed by atoms with Crippen LogP contribution in [0.4, 0.5) is 4.39 Å². The SMILES string of the molecule is C[C@]12CC[C@H]3[C@@H](CCC4=C(O)C(=O)[C@H]5CC5[C@@]43C)[C@@H]1C[C@H](F)C2=O. The number of hydrogen-bond donors (Lipinski definition) is 1. The summed E-state index contributed by atoms with van der Waals surface area (Å²) in [6.07, 6.45) is 3.26. The summed E-state index contributed by atoms with van der Waals surface area (Å²) in [7, 11) is 0. The Labute approximate surface area is 141 Å². The van der Waals surface area contributed by atoms with E-state index in [2.05, 4.69) is 6.92 Å². The van der Waals surface area contributed by atoms with Gasteiger partial charge in [0.2, 0.25) is 0 Å². The summed E-state index contributed by atoms with van der Waals surface area (Å²) >= 11 is 0. The van der Waals surface area contributed by atoms with Crippen molar-refractivity contribution in [1.82, 2.24) is 0 Å². The molecule has 0 spiro atoms. The Bertz CT molecular complexity index is 697. The van der Waals surface area contributed by atoms with Crippen molar-refractivity contribution in [3.8, 4) is 0 Å². The van der Waals surface area contributed by atoms with Crippen molar-refractivity contribution < 1.29 is 19.1 Å². The first-order chi connectivity index (χ1) is 11.3. The first-order valence-corrected chi connectivity index (χ1v) is 9.45. The minimum absolute atomic E-state index is 0.00458. The Hall–Kier alpha value is -1.19. The molecule has 0 radical (unpaired) electrons. The van der Waals surface area contributed by atoms with E-state index < -0.39 is 11.6 Å². The minimum atomic E-state index is -1.29. The Balaban J connectivity index is 1.58. The molecule has 24 heavy (non-hydrogen) atoms. The predicted molar refractivity (Wildman–Crippen MR) is 85.9 cm³/mol. The average molecular weight is 332 g/mol. The number of allylic oxidation sites excluding steroid dienone is 1. The van der Waals surface area contributed by atoms with Gasteiger partial charge >= 0.3 is 0 Å². The number of aliphatic hydroxyl groups is 1. The van der Waals surface area contributed by atoms with E-state index in [1.165, 1.54) is 0 Å². The summed E-state index contributed by atoms with van der Waals surface area (Å²) in [5.74, 6) is 1.03. The predicted octanol–water partition coefficient (Wildman–Crippen LogP) is 3.78. The largest absolute Gasteiger partial charge is 0.504 e. The second kappa shape index (κ2) is 4.31. The summed E-state index contributed by atoms with van der Waals surface area (Å²) in [5, 5.41) is 10.5. The lowest BCUT2D eigenvalue weighted by Gasteiger charge is -2.57. The summed E-state index contributed by atoms with van der Waals surface area (Å²) in [4.78, 5) is 24.6. The van der Waals surface area contributed by atoms with Crippen LogP contribution in [0.2, 0.25) is 0 Å². The maximum absolute atomic E-state index is 14.2. The van der Waals surface area contributed by atoms with Crippen LogP contribution < -0.4 is 0 Å². The average Bonchev–Trinajstić information content (AvgIpc) is 3.32. The number of rotatable bonds is 0. The molecule has 0 aromatic rings. The van der Waals surface area contributed by atoms with Crippen molar-refractivity contribution in [3.05, 3.63) is 11.3 Å². The van der Waals surface area contributed by atoms with Crippen molar-refractivity contribution in [3.63, 3.8) is 0 Å². The number of halogens is 1. The van der Waals surface area contributed by atoms with Gasteiger partial charge in [0.1, 0.15) is 0 Å². The molecule has 5 rings (SSSR count). The van der Waals surface area contributed by atoms with Gasteiger partial charge in [0.05, 0.1) is 0 Å². The van der Waals surface area contributed by atoms with Crippen molar-refractivity contribution in [2.45, 2.75) is 58.5 Å². The molecule has 0 aromatic heterocycles. The molecular formula is C20H25FO3. The van der Waals surface area contributed by atoms with Gasteiger partial charge in [-0.15, -0.1) is 0 Å². The molecule has 0 saturated heterocycles. The zero-order chi connectivity index (χ0) is 17.0. The minimum Gasteiger partial charge on any atom is -0.504 e. The third kappa shape index (κ3) is 1.50. The fraction of sp³-hybridized carbons (Fsp3) is 0.800. The van der Waals surface area contributed by atoms with Crippen molar-refractivity contribution in [1.29, 1.82) is 0 Å². The van der Waals surface area contributed by atoms with Crippen LogP contribution in [0.25, 0.3) is 0 Å². The Morgan fingerprint density at radius 3 is 2.58 bits per heavy atom. The molecule has 1 N–H and O–H groups in total. The molecule has 4 heteroatoms. The second-order valence-corrected chi connectivity index (χ2v) is 9.36. The molecule has 5 aliphatic carbocycles. The third-order valence-corrected chi connectivity index (χ3v) is 8.70. The van der Waals surface area contributed by atoms with Crippen LogP contribution in [0.5, 0.6) is 0 Å². The van der Waals surface area contributed by atoms with Gasteiger partial charge in [0.25, 0.3) is 0 Å². The van der Waals surface area contributed by atoms with Crippen LogP contribution in [0, 0.1) is 40.4 Å². The van der Waals surface area contributed by atoms with Crippen LogP contribution in [-0.2, 0) is 9.59 Å². The highest BCUT2D eigenvalue weighted by Gasteiger charge is 2.68. The van der Waals surface area contributed by atoms with E-state index in [-0.39, 0.29) is 34.6 Å². The number of carbonyl (C=O) groups is 2. The third-order valence-electron chi connectivity index (χ3n) is 8.70. The molecule has 130 valence electrons. The summed E-state index contributed by atoms with van der Waals surface area (Å²) in [5.41, 5.74) is 0.357. The molecule has 5 aliphatic rings. The molecular weight excluding hydrogens is 307 g/mol. The van der Waals surface area contributed by atoms with Crippen LogP contribution in [-0.4, -0.2) is 22.8 Å². The molecule has 0 aromatic carbocycles. The maximum atomic E-state index is 14.2. The second-order valence-electron chi connectivity index (χ2n) is 9.36. The molecule has 4 fully saturated rings. The molecule has 8 atom stereocenters. The van der Waals surface area contributed by atoms with E-state index in [9.17, 15) is 19.1 Å². The Morgan fingerprint density at radius 1 is 1.08 bits per heavy atom. The van der Waals surface area contributed by atoms with Crippen LogP contribution >= 0.6 is 0 Å². The fourth-order valence-electron chi connectivity index (χ4n) is 7.33. The van der Waals surface area contributed by atoms with E-state index in [0.717, 1.165) is 37.7 Å². The monoisotopic (exact) mass is 332 g/mol. The van der Waals surface area contributed by atoms with Crippen LogP contribution in [0.1, 0.15) is 52.4 Å². The molecule has 0 aliphatic heterocycles. The highest BCUT2D eigenvalue weighted by Crippen LogP contribution is 2.71. The van der Waals surface area contributed by atoms with Gasteiger partial charge in [0.15, 0.2) is 23.5 Å². The molecule has 4 saturated carbocycles. The first kappa shape index (κ1) is 15.1. The van der Waals surface area contributed by atoms with Crippen molar-refractivity contribution in [2.24, 2.45) is 40.4 Å². The summed E-state index contributed by atoms with van der Waals surface area (Å²) in [6.45, 7) is 4.21. The van der Waals surface area contributed by atoms with E-state index in [4.69, 9.17) is 0 Å². The molecule has 0 amide bonds. The zero-order valence-electron chi connectivity index (χ0n) is 14.3. The molecule has 3 nitrogen and oxygen atoms in total. The Kier molecular flexibility index (Phi) is 2.71. The van der Waals surface area contributed by atoms with Crippen molar-refractivity contribution in [2.75, 3.05) is 0 Å². The number of carbonyl (C=O) groups excluding carboxylic acids is 2. The normalized spacial score (nSPS) is 55.6. The molecule has 0 bridgehead atoms. The van der Waals surface area contributed by atoms with Gasteiger partial charge in [-0.05, 0) is 73.2 Å².